The quantitative estimate of drug-likeness (QED) is 0.609. The minimum absolute atomic E-state index is 0.152. The Labute approximate surface area is 184 Å². The molecule has 30 heavy (non-hydrogen) atoms. The maximum atomic E-state index is 12.2. The molecular weight excluding hydrogens is 372 g/mol. The van der Waals surface area contributed by atoms with Gasteiger partial charge in [0.25, 0.3) is 0 Å². The van der Waals surface area contributed by atoms with Crippen molar-refractivity contribution in [2.24, 2.45) is 52.3 Å². The second-order valence-corrected chi connectivity index (χ2v) is 12.6. The lowest BCUT2D eigenvalue weighted by Gasteiger charge is -2.62. The molecule has 0 radical (unpaired) electrons. The Balaban J connectivity index is 1.51. The minimum Gasteiger partial charge on any atom is -0.393 e. The van der Waals surface area contributed by atoms with Crippen molar-refractivity contribution in [2.75, 3.05) is 0 Å². The SMILES string of the molecule is CC(C)C(=O)CC[C@@H](C)[C@H]1CC[C@H]2[C@H]3C(CC[C@]12C)[C@@]1(C)CC[C@@H](O)CC1C[C@@H]3O. The number of hydrogen-bond acceptors (Lipinski definition) is 3. The Morgan fingerprint density at radius 1 is 0.933 bits per heavy atom. The number of hydrogen-bond donors (Lipinski definition) is 2. The van der Waals surface area contributed by atoms with E-state index >= 15 is 0 Å². The molecule has 4 rings (SSSR count). The zero-order valence-electron chi connectivity index (χ0n) is 20.1. The molecule has 0 amide bonds. The zero-order valence-corrected chi connectivity index (χ0v) is 20.1. The molecule has 0 aromatic carbocycles. The van der Waals surface area contributed by atoms with Crippen LogP contribution >= 0.6 is 0 Å². The average Bonchev–Trinajstić information content (AvgIpc) is 3.04. The third-order valence-electron chi connectivity index (χ3n) is 10.9. The van der Waals surface area contributed by atoms with E-state index in [-0.39, 0.29) is 18.1 Å². The number of aliphatic hydroxyl groups excluding tert-OH is 2. The van der Waals surface area contributed by atoms with Crippen LogP contribution in [0, 0.1) is 52.3 Å². The molecule has 172 valence electrons. The third kappa shape index (κ3) is 3.60. The molecule has 3 heteroatoms. The van der Waals surface area contributed by atoms with E-state index in [0.29, 0.717) is 52.1 Å². The fraction of sp³-hybridized carbons (Fsp3) is 0.963. The topological polar surface area (TPSA) is 57.5 Å². The first-order valence-corrected chi connectivity index (χ1v) is 13.0. The maximum absolute atomic E-state index is 12.2. The third-order valence-corrected chi connectivity index (χ3v) is 10.9. The monoisotopic (exact) mass is 418 g/mol. The van der Waals surface area contributed by atoms with Gasteiger partial charge in [-0.2, -0.15) is 0 Å². The van der Waals surface area contributed by atoms with Crippen molar-refractivity contribution >= 4 is 5.78 Å². The van der Waals surface area contributed by atoms with Crippen LogP contribution in [0.3, 0.4) is 0 Å². The van der Waals surface area contributed by atoms with Gasteiger partial charge in [-0.3, -0.25) is 4.79 Å². The summed E-state index contributed by atoms with van der Waals surface area (Å²) in [7, 11) is 0. The number of aliphatic hydroxyl groups is 2. The molecule has 2 N–H and O–H groups in total. The van der Waals surface area contributed by atoms with Crippen molar-refractivity contribution in [3.05, 3.63) is 0 Å². The van der Waals surface area contributed by atoms with E-state index in [9.17, 15) is 15.0 Å². The number of rotatable bonds is 5. The molecule has 0 bridgehead atoms. The molecule has 0 spiro atoms. The highest BCUT2D eigenvalue weighted by molar-refractivity contribution is 5.80. The molecular formula is C27H46O3. The molecule has 4 aliphatic carbocycles. The molecule has 0 saturated heterocycles. The number of Topliss-reactive ketones (excluding diaryl/α,β-unsaturated/α-hetero) is 1. The first-order chi connectivity index (χ1) is 14.1. The second-order valence-electron chi connectivity index (χ2n) is 12.6. The van der Waals surface area contributed by atoms with Gasteiger partial charge in [0.15, 0.2) is 0 Å². The summed E-state index contributed by atoms with van der Waals surface area (Å²) in [4.78, 5) is 12.2. The Hall–Kier alpha value is -0.410. The Kier molecular flexibility index (Phi) is 6.21. The Morgan fingerprint density at radius 3 is 2.30 bits per heavy atom. The van der Waals surface area contributed by atoms with Crippen LogP contribution in [0.2, 0.25) is 0 Å². The summed E-state index contributed by atoms with van der Waals surface area (Å²) < 4.78 is 0. The zero-order chi connectivity index (χ0) is 21.8. The van der Waals surface area contributed by atoms with Crippen molar-refractivity contribution in [3.8, 4) is 0 Å². The lowest BCUT2D eigenvalue weighted by atomic mass is 9.43. The molecule has 4 saturated carbocycles. The maximum Gasteiger partial charge on any atom is 0.135 e. The highest BCUT2D eigenvalue weighted by Crippen LogP contribution is 2.68. The minimum atomic E-state index is -0.195. The van der Waals surface area contributed by atoms with Crippen LogP contribution in [0.25, 0.3) is 0 Å². The number of fused-ring (bicyclic) bond motifs is 5. The van der Waals surface area contributed by atoms with Crippen molar-refractivity contribution in [3.63, 3.8) is 0 Å². The van der Waals surface area contributed by atoms with Crippen LogP contribution in [0.15, 0.2) is 0 Å². The largest absolute Gasteiger partial charge is 0.393 e. The number of ketones is 1. The second kappa shape index (κ2) is 8.18. The van der Waals surface area contributed by atoms with Crippen LogP contribution in [0.4, 0.5) is 0 Å². The molecule has 3 nitrogen and oxygen atoms in total. The molecule has 4 fully saturated rings. The van der Waals surface area contributed by atoms with Crippen LogP contribution in [-0.4, -0.2) is 28.2 Å². The van der Waals surface area contributed by atoms with Gasteiger partial charge >= 0.3 is 0 Å². The first-order valence-electron chi connectivity index (χ1n) is 13.0. The highest BCUT2D eigenvalue weighted by atomic mass is 16.3. The molecule has 0 aliphatic heterocycles. The van der Waals surface area contributed by atoms with Gasteiger partial charge in [-0.15, -0.1) is 0 Å². The predicted octanol–water partition coefficient (Wildman–Crippen LogP) is 5.62. The van der Waals surface area contributed by atoms with Gasteiger partial charge in [0.1, 0.15) is 5.78 Å². The molecule has 10 atom stereocenters. The van der Waals surface area contributed by atoms with Gasteiger partial charge in [0.2, 0.25) is 0 Å². The predicted molar refractivity (Wildman–Crippen MR) is 121 cm³/mol. The summed E-state index contributed by atoms with van der Waals surface area (Å²) in [6.07, 6.45) is 10.3. The van der Waals surface area contributed by atoms with Crippen LogP contribution < -0.4 is 0 Å². The average molecular weight is 419 g/mol. The fourth-order valence-corrected chi connectivity index (χ4v) is 9.04. The van der Waals surface area contributed by atoms with Gasteiger partial charge in [-0.1, -0.05) is 34.6 Å². The molecule has 2 unspecified atom stereocenters. The number of carbonyl (C=O) groups excluding carboxylic acids is 1. The van der Waals surface area contributed by atoms with Gasteiger partial charge in [0, 0.05) is 12.3 Å². The van der Waals surface area contributed by atoms with Crippen molar-refractivity contribution < 1.29 is 15.0 Å². The van der Waals surface area contributed by atoms with E-state index in [2.05, 4.69) is 20.8 Å². The first kappa shape index (κ1) is 22.8. The van der Waals surface area contributed by atoms with Crippen LogP contribution in [0.1, 0.15) is 98.8 Å². The molecule has 4 aliphatic rings. The van der Waals surface area contributed by atoms with Crippen LogP contribution in [0.5, 0.6) is 0 Å². The Bertz CT molecular complexity index is 644. The fourth-order valence-electron chi connectivity index (χ4n) is 9.04. The summed E-state index contributed by atoms with van der Waals surface area (Å²) in [6.45, 7) is 11.4. The normalized spacial score (nSPS) is 49.3. The van der Waals surface area contributed by atoms with E-state index in [4.69, 9.17) is 0 Å². The van der Waals surface area contributed by atoms with E-state index in [1.807, 2.05) is 13.8 Å². The van der Waals surface area contributed by atoms with Gasteiger partial charge in [-0.05, 0) is 104 Å². The molecule has 0 heterocycles. The van der Waals surface area contributed by atoms with E-state index in [1.54, 1.807) is 0 Å². The van der Waals surface area contributed by atoms with Crippen molar-refractivity contribution in [1.82, 2.24) is 0 Å². The summed E-state index contributed by atoms with van der Waals surface area (Å²) in [6, 6.07) is 0. The summed E-state index contributed by atoms with van der Waals surface area (Å²) in [5, 5.41) is 21.6. The summed E-state index contributed by atoms with van der Waals surface area (Å²) in [5.74, 6) is 4.01. The van der Waals surface area contributed by atoms with Crippen molar-refractivity contribution in [1.29, 1.82) is 0 Å². The van der Waals surface area contributed by atoms with Crippen molar-refractivity contribution in [2.45, 2.75) is 111 Å². The molecule has 0 aromatic heterocycles. The van der Waals surface area contributed by atoms with E-state index in [0.717, 1.165) is 38.5 Å². The van der Waals surface area contributed by atoms with Crippen LogP contribution in [-0.2, 0) is 4.79 Å². The van der Waals surface area contributed by atoms with E-state index in [1.165, 1.54) is 25.7 Å². The summed E-state index contributed by atoms with van der Waals surface area (Å²) in [5.41, 5.74) is 0.623. The smallest absolute Gasteiger partial charge is 0.135 e. The standard InChI is InChI=1S/C27H46O3/c1-16(2)23(29)9-6-17(3)20-7-8-21-25-22(11-13-27(20,21)5)26(4)12-10-19(28)14-18(26)15-24(25)30/h16-22,24-25,28,30H,6-15H2,1-5H3/t17-,18?,19-,20-,21+,22?,24+,25+,26+,27-/m1/s1. The van der Waals surface area contributed by atoms with Gasteiger partial charge < -0.3 is 10.2 Å². The lowest BCUT2D eigenvalue weighted by Crippen LogP contribution is -2.58. The molecule has 0 aromatic rings. The summed E-state index contributed by atoms with van der Waals surface area (Å²) >= 11 is 0. The van der Waals surface area contributed by atoms with Gasteiger partial charge in [0.05, 0.1) is 12.2 Å². The lowest BCUT2D eigenvalue weighted by molar-refractivity contribution is -0.174. The number of carbonyl (C=O) groups is 1. The Morgan fingerprint density at radius 2 is 1.60 bits per heavy atom. The highest BCUT2D eigenvalue weighted by Gasteiger charge is 2.62. The van der Waals surface area contributed by atoms with Gasteiger partial charge in [-0.25, -0.2) is 0 Å². The van der Waals surface area contributed by atoms with E-state index < -0.39 is 0 Å².